The second kappa shape index (κ2) is 21.2. The van der Waals surface area contributed by atoms with E-state index < -0.39 is 6.04 Å². The number of aldehydes is 1. The number of aliphatic hydroxyl groups is 1. The van der Waals surface area contributed by atoms with Crippen molar-refractivity contribution in [2.75, 3.05) is 79.2 Å². The van der Waals surface area contributed by atoms with Crippen molar-refractivity contribution in [3.63, 3.8) is 0 Å². The summed E-state index contributed by atoms with van der Waals surface area (Å²) in [4.78, 5) is 21.8. The molecule has 0 aromatic heterocycles. The topological polar surface area (TPSA) is 139 Å². The van der Waals surface area contributed by atoms with Crippen LogP contribution < -0.4 is 11.1 Å². The molecule has 1 amide bonds. The van der Waals surface area contributed by atoms with E-state index in [0.717, 1.165) is 0 Å². The third-order valence-corrected chi connectivity index (χ3v) is 3.17. The lowest BCUT2D eigenvalue weighted by Crippen LogP contribution is -2.30. The van der Waals surface area contributed by atoms with Crippen molar-refractivity contribution in [2.45, 2.75) is 18.9 Å². The van der Waals surface area contributed by atoms with E-state index >= 15 is 0 Å². The van der Waals surface area contributed by atoms with Crippen molar-refractivity contribution < 1.29 is 38.4 Å². The molecule has 0 fully saturated rings. The molecule has 1 unspecified atom stereocenters. The molecule has 0 saturated heterocycles. The van der Waals surface area contributed by atoms with Gasteiger partial charge in [0.2, 0.25) is 5.91 Å². The van der Waals surface area contributed by atoms with E-state index in [1.54, 1.807) is 0 Å². The average molecular weight is 394 g/mol. The zero-order valence-electron chi connectivity index (χ0n) is 15.9. The summed E-state index contributed by atoms with van der Waals surface area (Å²) >= 11 is 0. The molecule has 0 heterocycles. The molecule has 0 rings (SSSR count). The Morgan fingerprint density at radius 1 is 0.852 bits per heavy atom. The maximum absolute atomic E-state index is 11.4. The number of carbonyl (C=O) groups excluding carboxylic acids is 2. The van der Waals surface area contributed by atoms with Gasteiger partial charge in [0, 0.05) is 13.0 Å². The Morgan fingerprint density at radius 2 is 1.30 bits per heavy atom. The average Bonchev–Trinajstić information content (AvgIpc) is 2.68. The highest BCUT2D eigenvalue weighted by molar-refractivity contribution is 5.76. The summed E-state index contributed by atoms with van der Waals surface area (Å²) in [5.74, 6) is -0.147. The highest BCUT2D eigenvalue weighted by atomic mass is 16.6. The predicted molar refractivity (Wildman–Crippen MR) is 97.5 cm³/mol. The first-order valence-corrected chi connectivity index (χ1v) is 9.17. The highest BCUT2D eigenvalue weighted by Gasteiger charge is 2.05. The Bertz CT molecular complexity index is 347. The van der Waals surface area contributed by atoms with Crippen molar-refractivity contribution in [2.24, 2.45) is 5.73 Å². The van der Waals surface area contributed by atoms with Crippen LogP contribution in [0.5, 0.6) is 0 Å². The van der Waals surface area contributed by atoms with Gasteiger partial charge in [0.25, 0.3) is 0 Å². The van der Waals surface area contributed by atoms with Crippen LogP contribution in [0.1, 0.15) is 12.8 Å². The molecule has 0 aromatic carbocycles. The summed E-state index contributed by atoms with van der Waals surface area (Å²) < 4.78 is 26.3. The molecule has 0 spiro atoms. The minimum Gasteiger partial charge on any atom is -0.394 e. The van der Waals surface area contributed by atoms with Gasteiger partial charge >= 0.3 is 0 Å². The molecule has 27 heavy (non-hydrogen) atoms. The third-order valence-electron chi connectivity index (χ3n) is 3.17. The van der Waals surface area contributed by atoms with Gasteiger partial charge in [-0.25, -0.2) is 0 Å². The SMILES string of the molecule is NC(C=O)CCC(=O)NCCOCCOCCOCCOCCOCCO. The fourth-order valence-electron chi connectivity index (χ4n) is 1.76. The van der Waals surface area contributed by atoms with Crippen LogP contribution in [0.3, 0.4) is 0 Å². The molecular weight excluding hydrogens is 360 g/mol. The number of amides is 1. The summed E-state index contributed by atoms with van der Waals surface area (Å²) in [7, 11) is 0. The largest absolute Gasteiger partial charge is 0.394 e. The number of carbonyl (C=O) groups is 2. The van der Waals surface area contributed by atoms with Gasteiger partial charge in [-0.3, -0.25) is 4.79 Å². The van der Waals surface area contributed by atoms with Crippen LogP contribution in [0.2, 0.25) is 0 Å². The summed E-state index contributed by atoms with van der Waals surface area (Å²) in [6, 6.07) is -0.586. The summed E-state index contributed by atoms with van der Waals surface area (Å²) in [6.45, 7) is 4.87. The molecule has 1 atom stereocenters. The second-order valence-corrected chi connectivity index (χ2v) is 5.47. The summed E-state index contributed by atoms with van der Waals surface area (Å²) in [5, 5.41) is 11.2. The number of ether oxygens (including phenoxy) is 5. The second-order valence-electron chi connectivity index (χ2n) is 5.47. The predicted octanol–water partition coefficient (Wildman–Crippen LogP) is -1.52. The van der Waals surface area contributed by atoms with Crippen molar-refractivity contribution in [3.8, 4) is 0 Å². The number of nitrogens with two attached hydrogens (primary N) is 1. The van der Waals surface area contributed by atoms with Crippen molar-refractivity contribution in [1.29, 1.82) is 0 Å². The number of hydrogen-bond donors (Lipinski definition) is 3. The highest BCUT2D eigenvalue weighted by Crippen LogP contribution is 1.91. The Kier molecular flexibility index (Phi) is 20.3. The maximum Gasteiger partial charge on any atom is 0.220 e. The van der Waals surface area contributed by atoms with Gasteiger partial charge in [-0.2, -0.15) is 0 Å². The first-order valence-electron chi connectivity index (χ1n) is 9.17. The van der Waals surface area contributed by atoms with Crippen LogP contribution in [-0.4, -0.2) is 103 Å². The molecule has 0 radical (unpaired) electrons. The van der Waals surface area contributed by atoms with Crippen molar-refractivity contribution >= 4 is 12.2 Å². The Morgan fingerprint density at radius 3 is 1.74 bits per heavy atom. The first kappa shape index (κ1) is 25.9. The molecular formula is C17H34N2O8. The monoisotopic (exact) mass is 394 g/mol. The molecule has 0 aliphatic carbocycles. The number of aliphatic hydroxyl groups excluding tert-OH is 1. The third kappa shape index (κ3) is 21.0. The maximum atomic E-state index is 11.4. The van der Waals surface area contributed by atoms with E-state index in [2.05, 4.69) is 5.32 Å². The van der Waals surface area contributed by atoms with E-state index in [1.165, 1.54) is 0 Å². The molecule has 10 nitrogen and oxygen atoms in total. The number of rotatable bonds is 21. The molecule has 4 N–H and O–H groups in total. The Labute approximate surface area is 160 Å². The molecule has 0 saturated carbocycles. The molecule has 160 valence electrons. The zero-order valence-corrected chi connectivity index (χ0v) is 15.9. The Hall–Kier alpha value is -1.14. The fourth-order valence-corrected chi connectivity index (χ4v) is 1.76. The normalized spacial score (nSPS) is 12.1. The van der Waals surface area contributed by atoms with Crippen LogP contribution >= 0.6 is 0 Å². The van der Waals surface area contributed by atoms with E-state index in [4.69, 9.17) is 34.5 Å². The van der Waals surface area contributed by atoms with Gasteiger partial charge < -0.3 is 44.6 Å². The van der Waals surface area contributed by atoms with Crippen molar-refractivity contribution in [3.05, 3.63) is 0 Å². The van der Waals surface area contributed by atoms with E-state index in [1.807, 2.05) is 0 Å². The van der Waals surface area contributed by atoms with Crippen molar-refractivity contribution in [1.82, 2.24) is 5.32 Å². The van der Waals surface area contributed by atoms with Crippen LogP contribution in [0.15, 0.2) is 0 Å². The summed E-state index contributed by atoms with van der Waals surface area (Å²) in [5.41, 5.74) is 5.40. The van der Waals surface area contributed by atoms with Crippen LogP contribution in [0.25, 0.3) is 0 Å². The minimum absolute atomic E-state index is 0.0176. The lowest BCUT2D eigenvalue weighted by Gasteiger charge is -2.08. The zero-order chi connectivity index (χ0) is 20.0. The lowest BCUT2D eigenvalue weighted by atomic mass is 10.2. The number of hydrogen-bond acceptors (Lipinski definition) is 9. The molecule has 0 aliphatic heterocycles. The van der Waals surface area contributed by atoms with Gasteiger partial charge in [-0.15, -0.1) is 0 Å². The van der Waals surface area contributed by atoms with Crippen LogP contribution in [0.4, 0.5) is 0 Å². The van der Waals surface area contributed by atoms with Gasteiger partial charge in [0.05, 0.1) is 78.7 Å². The fraction of sp³-hybridized carbons (Fsp3) is 0.882. The summed E-state index contributed by atoms with van der Waals surface area (Å²) in [6.07, 6.45) is 1.20. The number of nitrogens with one attached hydrogen (secondary N) is 1. The Balaban J connectivity index is 3.12. The smallest absolute Gasteiger partial charge is 0.220 e. The van der Waals surface area contributed by atoms with Gasteiger partial charge in [-0.1, -0.05) is 0 Å². The standard InChI is InChI=1S/C17H34N2O8/c18-16(15-21)1-2-17(22)19-3-5-23-7-9-25-11-13-27-14-12-26-10-8-24-6-4-20/h15-16,20H,1-14,18H2,(H,19,22). The van der Waals surface area contributed by atoms with E-state index in [-0.39, 0.29) is 18.9 Å². The lowest BCUT2D eigenvalue weighted by molar-refractivity contribution is -0.121. The molecule has 0 aliphatic rings. The van der Waals surface area contributed by atoms with Gasteiger partial charge in [-0.05, 0) is 6.42 Å². The first-order chi connectivity index (χ1) is 13.2. The van der Waals surface area contributed by atoms with Gasteiger partial charge in [0.15, 0.2) is 0 Å². The minimum atomic E-state index is -0.586. The van der Waals surface area contributed by atoms with Gasteiger partial charge in [0.1, 0.15) is 6.29 Å². The van der Waals surface area contributed by atoms with Crippen LogP contribution in [-0.2, 0) is 33.3 Å². The van der Waals surface area contributed by atoms with E-state index in [0.29, 0.717) is 85.3 Å². The molecule has 0 bridgehead atoms. The molecule has 0 aromatic rings. The molecule has 10 heteroatoms. The van der Waals surface area contributed by atoms with Crippen LogP contribution in [0, 0.1) is 0 Å². The quantitative estimate of drug-likeness (QED) is 0.156. The van der Waals surface area contributed by atoms with E-state index in [9.17, 15) is 9.59 Å².